The molecule has 0 saturated heterocycles. The standard InChI is InChI=1S/C27H30N2O/c30-16-6-5-15-28-18-21-11-13-22(14-12-21)19-29-20-27-25-9-3-1-7-23(25)17-24-8-2-4-10-26(24)27/h1-4,7-14,17,28-30H,5-6,15-16,18-20H2. The number of nitrogens with one attached hydrogen (secondary N) is 2. The molecule has 0 amide bonds. The maximum absolute atomic E-state index is 8.83. The van der Waals surface area contributed by atoms with Crippen molar-refractivity contribution in [2.24, 2.45) is 0 Å². The highest BCUT2D eigenvalue weighted by Crippen LogP contribution is 2.28. The van der Waals surface area contributed by atoms with Crippen LogP contribution in [0.1, 0.15) is 29.5 Å². The highest BCUT2D eigenvalue weighted by atomic mass is 16.2. The van der Waals surface area contributed by atoms with Crippen LogP contribution in [0.2, 0.25) is 0 Å². The van der Waals surface area contributed by atoms with Crippen molar-refractivity contribution >= 4 is 21.5 Å². The zero-order valence-electron chi connectivity index (χ0n) is 17.4. The molecule has 0 unspecified atom stereocenters. The molecule has 0 saturated carbocycles. The molecule has 4 aromatic rings. The van der Waals surface area contributed by atoms with Gasteiger partial charge in [-0.2, -0.15) is 0 Å². The minimum absolute atomic E-state index is 0.276. The number of hydrogen-bond donors (Lipinski definition) is 3. The summed E-state index contributed by atoms with van der Waals surface area (Å²) in [6.45, 7) is 3.79. The Hall–Kier alpha value is -2.72. The van der Waals surface area contributed by atoms with Gasteiger partial charge in [0.05, 0.1) is 0 Å². The van der Waals surface area contributed by atoms with E-state index in [-0.39, 0.29) is 6.61 Å². The third-order valence-corrected chi connectivity index (χ3v) is 5.63. The van der Waals surface area contributed by atoms with Crippen molar-refractivity contribution in [1.82, 2.24) is 10.6 Å². The Morgan fingerprint density at radius 2 is 1.17 bits per heavy atom. The second kappa shape index (κ2) is 10.4. The fraction of sp³-hybridized carbons (Fsp3) is 0.259. The number of unbranched alkanes of at least 4 members (excludes halogenated alkanes) is 1. The Labute approximate surface area is 178 Å². The zero-order valence-corrected chi connectivity index (χ0v) is 17.4. The molecule has 3 heteroatoms. The third kappa shape index (κ3) is 5.06. The average molecular weight is 399 g/mol. The Bertz CT molecular complexity index is 1030. The normalized spacial score (nSPS) is 11.4. The van der Waals surface area contributed by atoms with Crippen molar-refractivity contribution in [2.45, 2.75) is 32.5 Å². The first-order chi connectivity index (χ1) is 14.8. The summed E-state index contributed by atoms with van der Waals surface area (Å²) in [6.07, 6.45) is 1.88. The fourth-order valence-corrected chi connectivity index (χ4v) is 4.00. The van der Waals surface area contributed by atoms with E-state index in [9.17, 15) is 0 Å². The molecular formula is C27H30N2O. The molecule has 30 heavy (non-hydrogen) atoms. The van der Waals surface area contributed by atoms with Crippen molar-refractivity contribution in [3.8, 4) is 0 Å². The second-order valence-electron chi connectivity index (χ2n) is 7.82. The van der Waals surface area contributed by atoms with E-state index in [1.54, 1.807) is 0 Å². The van der Waals surface area contributed by atoms with E-state index < -0.39 is 0 Å². The first-order valence-corrected chi connectivity index (χ1v) is 10.8. The summed E-state index contributed by atoms with van der Waals surface area (Å²) in [5.74, 6) is 0. The molecule has 3 N–H and O–H groups in total. The lowest BCUT2D eigenvalue weighted by atomic mass is 9.96. The molecule has 0 spiro atoms. The van der Waals surface area contributed by atoms with E-state index in [1.165, 1.54) is 38.2 Å². The quantitative estimate of drug-likeness (QED) is 0.256. The largest absolute Gasteiger partial charge is 0.396 e. The lowest BCUT2D eigenvalue weighted by molar-refractivity contribution is 0.283. The number of benzene rings is 4. The predicted molar refractivity (Wildman–Crippen MR) is 126 cm³/mol. The summed E-state index contributed by atoms with van der Waals surface area (Å²) in [5, 5.41) is 21.1. The molecule has 3 nitrogen and oxygen atoms in total. The lowest BCUT2D eigenvalue weighted by Gasteiger charge is -2.13. The van der Waals surface area contributed by atoms with E-state index >= 15 is 0 Å². The van der Waals surface area contributed by atoms with E-state index in [0.29, 0.717) is 0 Å². The Balaban J connectivity index is 1.39. The van der Waals surface area contributed by atoms with Gasteiger partial charge in [0.1, 0.15) is 0 Å². The number of aliphatic hydroxyl groups excluding tert-OH is 1. The van der Waals surface area contributed by atoms with Crippen LogP contribution in [0.5, 0.6) is 0 Å². The van der Waals surface area contributed by atoms with Crippen LogP contribution in [0.4, 0.5) is 0 Å². The number of aliphatic hydroxyl groups is 1. The van der Waals surface area contributed by atoms with Crippen LogP contribution in [0.15, 0.2) is 78.9 Å². The molecule has 0 fully saturated rings. The summed E-state index contributed by atoms with van der Waals surface area (Å²) < 4.78 is 0. The summed E-state index contributed by atoms with van der Waals surface area (Å²) in [6, 6.07) is 28.4. The minimum Gasteiger partial charge on any atom is -0.396 e. The highest BCUT2D eigenvalue weighted by Gasteiger charge is 2.07. The van der Waals surface area contributed by atoms with Gasteiger partial charge in [0.25, 0.3) is 0 Å². The second-order valence-corrected chi connectivity index (χ2v) is 7.82. The van der Waals surface area contributed by atoms with Gasteiger partial charge in [-0.3, -0.25) is 0 Å². The first kappa shape index (κ1) is 20.5. The van der Waals surface area contributed by atoms with Crippen LogP contribution in [-0.2, 0) is 19.6 Å². The van der Waals surface area contributed by atoms with Crippen LogP contribution >= 0.6 is 0 Å². The summed E-state index contributed by atoms with van der Waals surface area (Å²) in [5.41, 5.74) is 3.96. The van der Waals surface area contributed by atoms with Gasteiger partial charge in [0, 0.05) is 26.2 Å². The SMILES string of the molecule is OCCCCNCc1ccc(CNCc2c3ccccc3cc3ccccc23)cc1. The van der Waals surface area contributed by atoms with Crippen molar-refractivity contribution in [3.05, 3.63) is 95.6 Å². The van der Waals surface area contributed by atoms with E-state index in [4.69, 9.17) is 5.11 Å². The molecule has 0 radical (unpaired) electrons. The molecule has 154 valence electrons. The molecule has 0 bridgehead atoms. The van der Waals surface area contributed by atoms with Gasteiger partial charge in [0.15, 0.2) is 0 Å². The molecule has 0 aromatic heterocycles. The average Bonchev–Trinajstić information content (AvgIpc) is 2.79. The van der Waals surface area contributed by atoms with Gasteiger partial charge in [-0.05, 0) is 63.7 Å². The Morgan fingerprint density at radius 1 is 0.600 bits per heavy atom. The van der Waals surface area contributed by atoms with Gasteiger partial charge < -0.3 is 15.7 Å². The molecule has 4 rings (SSSR count). The summed E-state index contributed by atoms with van der Waals surface area (Å²) in [7, 11) is 0. The van der Waals surface area contributed by atoms with E-state index in [1.807, 2.05) is 0 Å². The zero-order chi connectivity index (χ0) is 20.6. The van der Waals surface area contributed by atoms with Crippen LogP contribution in [0.3, 0.4) is 0 Å². The monoisotopic (exact) mass is 398 g/mol. The van der Waals surface area contributed by atoms with Crippen LogP contribution in [0, 0.1) is 0 Å². The molecule has 0 aliphatic heterocycles. The van der Waals surface area contributed by atoms with Gasteiger partial charge in [-0.25, -0.2) is 0 Å². The smallest absolute Gasteiger partial charge is 0.0431 e. The highest BCUT2D eigenvalue weighted by molar-refractivity contribution is 6.02. The fourth-order valence-electron chi connectivity index (χ4n) is 4.00. The molecule has 0 aliphatic rings. The Kier molecular flexibility index (Phi) is 7.09. The van der Waals surface area contributed by atoms with Crippen LogP contribution in [-0.4, -0.2) is 18.3 Å². The number of rotatable bonds is 10. The van der Waals surface area contributed by atoms with Crippen LogP contribution in [0.25, 0.3) is 21.5 Å². The molecule has 0 aliphatic carbocycles. The van der Waals surface area contributed by atoms with Crippen molar-refractivity contribution < 1.29 is 5.11 Å². The third-order valence-electron chi connectivity index (χ3n) is 5.63. The van der Waals surface area contributed by atoms with E-state index in [2.05, 4.69) is 89.5 Å². The molecule has 0 atom stereocenters. The minimum atomic E-state index is 0.276. The maximum atomic E-state index is 8.83. The van der Waals surface area contributed by atoms with Crippen molar-refractivity contribution in [2.75, 3.05) is 13.2 Å². The van der Waals surface area contributed by atoms with Crippen molar-refractivity contribution in [1.29, 1.82) is 0 Å². The predicted octanol–water partition coefficient (Wildman–Crippen LogP) is 5.14. The first-order valence-electron chi connectivity index (χ1n) is 10.8. The molecular weight excluding hydrogens is 368 g/mol. The topological polar surface area (TPSA) is 44.3 Å². The molecule has 0 heterocycles. The summed E-state index contributed by atoms with van der Waals surface area (Å²) >= 11 is 0. The summed E-state index contributed by atoms with van der Waals surface area (Å²) in [4.78, 5) is 0. The van der Waals surface area contributed by atoms with E-state index in [0.717, 1.165) is 39.0 Å². The number of fused-ring (bicyclic) bond motifs is 2. The van der Waals surface area contributed by atoms with Gasteiger partial charge in [-0.1, -0.05) is 72.8 Å². The van der Waals surface area contributed by atoms with Gasteiger partial charge >= 0.3 is 0 Å². The van der Waals surface area contributed by atoms with Crippen LogP contribution < -0.4 is 10.6 Å². The van der Waals surface area contributed by atoms with Crippen molar-refractivity contribution in [3.63, 3.8) is 0 Å². The molecule has 4 aromatic carbocycles. The maximum Gasteiger partial charge on any atom is 0.0431 e. The number of hydrogen-bond acceptors (Lipinski definition) is 3. The lowest BCUT2D eigenvalue weighted by Crippen LogP contribution is -2.15. The van der Waals surface area contributed by atoms with Gasteiger partial charge in [0.2, 0.25) is 0 Å². The Morgan fingerprint density at radius 3 is 1.77 bits per heavy atom. The van der Waals surface area contributed by atoms with Gasteiger partial charge in [-0.15, -0.1) is 0 Å².